The number of aliphatic hydroxyl groups excluding tert-OH is 1. The Hall–Kier alpha value is -1.32. The maximum Gasteiger partial charge on any atom is 0.118 e. The van der Waals surface area contributed by atoms with Gasteiger partial charge >= 0.3 is 0 Å². The number of rotatable bonds is 3. The third-order valence-corrected chi connectivity index (χ3v) is 5.99. The second kappa shape index (κ2) is 5.71. The van der Waals surface area contributed by atoms with E-state index >= 15 is 0 Å². The molecule has 2 aliphatic rings. The van der Waals surface area contributed by atoms with Gasteiger partial charge in [-0.1, -0.05) is 37.6 Å². The highest BCUT2D eigenvalue weighted by atomic mass is 16.5. The first-order chi connectivity index (χ1) is 10.5. The Balaban J connectivity index is 1.97. The van der Waals surface area contributed by atoms with Crippen LogP contribution in [0.4, 0.5) is 0 Å². The Labute approximate surface area is 132 Å². The third-order valence-electron chi connectivity index (χ3n) is 5.99. The molecule has 0 radical (unpaired) electrons. The molecule has 0 aromatic heterocycles. The van der Waals surface area contributed by atoms with Crippen LogP contribution in [0.15, 0.2) is 35.9 Å². The molecule has 1 aliphatic heterocycles. The second-order valence-electron chi connectivity index (χ2n) is 6.91. The number of hydrogen-bond donors (Lipinski definition) is 1. The fourth-order valence-electron chi connectivity index (χ4n) is 4.38. The molecule has 1 heterocycles. The predicted molar refractivity (Wildman–Crippen MR) is 86.8 cm³/mol. The molecular formula is C19H26O3. The number of hydrogen-bond acceptors (Lipinski definition) is 3. The van der Waals surface area contributed by atoms with Crippen LogP contribution in [0.25, 0.3) is 0 Å². The summed E-state index contributed by atoms with van der Waals surface area (Å²) in [6.07, 6.45) is 2.39. The van der Waals surface area contributed by atoms with Crippen molar-refractivity contribution in [3.05, 3.63) is 41.5 Å². The highest BCUT2D eigenvalue weighted by Gasteiger charge is 2.53. The number of aliphatic hydroxyl groups is 1. The first-order valence-electron chi connectivity index (χ1n) is 8.08. The Morgan fingerprint density at radius 1 is 1.27 bits per heavy atom. The summed E-state index contributed by atoms with van der Waals surface area (Å²) in [5.41, 5.74) is 2.42. The highest BCUT2D eigenvalue weighted by Crippen LogP contribution is 2.55. The highest BCUT2D eigenvalue weighted by molar-refractivity contribution is 5.32. The van der Waals surface area contributed by atoms with E-state index in [9.17, 15) is 5.11 Å². The molecule has 22 heavy (non-hydrogen) atoms. The van der Waals surface area contributed by atoms with Crippen LogP contribution in [0.5, 0.6) is 5.75 Å². The van der Waals surface area contributed by atoms with Crippen molar-refractivity contribution in [3.63, 3.8) is 0 Å². The van der Waals surface area contributed by atoms with Crippen LogP contribution < -0.4 is 4.74 Å². The molecule has 1 saturated heterocycles. The fraction of sp³-hybridized carbons (Fsp3) is 0.579. The van der Waals surface area contributed by atoms with Gasteiger partial charge in [-0.25, -0.2) is 0 Å². The van der Waals surface area contributed by atoms with Crippen molar-refractivity contribution in [2.45, 2.75) is 26.9 Å². The van der Waals surface area contributed by atoms with Crippen molar-refractivity contribution in [1.29, 1.82) is 0 Å². The van der Waals surface area contributed by atoms with E-state index < -0.39 is 0 Å². The number of methoxy groups -OCH3 is 1. The maximum absolute atomic E-state index is 10.0. The monoisotopic (exact) mass is 302 g/mol. The number of benzene rings is 1. The molecule has 0 amide bonds. The molecule has 0 saturated carbocycles. The summed E-state index contributed by atoms with van der Waals surface area (Å²) in [6.45, 7) is 7.47. The normalized spacial score (nSPS) is 37.6. The van der Waals surface area contributed by atoms with Gasteiger partial charge < -0.3 is 14.6 Å². The number of ether oxygens (including phenoxy) is 2. The third kappa shape index (κ3) is 2.19. The second-order valence-corrected chi connectivity index (χ2v) is 6.91. The van der Waals surface area contributed by atoms with E-state index in [1.54, 1.807) is 7.11 Å². The lowest BCUT2D eigenvalue weighted by atomic mass is 9.56. The summed E-state index contributed by atoms with van der Waals surface area (Å²) >= 11 is 0. The van der Waals surface area contributed by atoms with E-state index in [1.807, 2.05) is 12.1 Å². The lowest BCUT2D eigenvalue weighted by molar-refractivity contribution is -0.165. The summed E-state index contributed by atoms with van der Waals surface area (Å²) in [5.74, 6) is 1.94. The van der Waals surface area contributed by atoms with E-state index in [4.69, 9.17) is 9.47 Å². The van der Waals surface area contributed by atoms with Gasteiger partial charge in [0.05, 0.1) is 26.4 Å². The topological polar surface area (TPSA) is 38.7 Å². The summed E-state index contributed by atoms with van der Waals surface area (Å²) in [7, 11) is 1.68. The first kappa shape index (κ1) is 15.6. The zero-order chi connectivity index (χ0) is 15.9. The van der Waals surface area contributed by atoms with Gasteiger partial charge in [0.15, 0.2) is 0 Å². The van der Waals surface area contributed by atoms with Gasteiger partial charge in [-0.15, -0.1) is 0 Å². The van der Waals surface area contributed by atoms with Crippen LogP contribution in [0.3, 0.4) is 0 Å². The Morgan fingerprint density at radius 3 is 2.55 bits per heavy atom. The molecule has 3 heteroatoms. The molecule has 1 fully saturated rings. The van der Waals surface area contributed by atoms with Crippen molar-refractivity contribution in [1.82, 2.24) is 0 Å². The van der Waals surface area contributed by atoms with Crippen molar-refractivity contribution in [2.75, 3.05) is 20.3 Å². The van der Waals surface area contributed by atoms with Crippen LogP contribution in [0.1, 0.15) is 32.4 Å². The number of fused-ring (bicyclic) bond motifs is 2. The molecule has 3 rings (SSSR count). The van der Waals surface area contributed by atoms with E-state index in [-0.39, 0.29) is 18.1 Å². The van der Waals surface area contributed by atoms with Crippen LogP contribution >= 0.6 is 0 Å². The van der Waals surface area contributed by atoms with Gasteiger partial charge in [-0.05, 0) is 36.5 Å². The van der Waals surface area contributed by atoms with Gasteiger partial charge in [0.2, 0.25) is 0 Å². The molecule has 120 valence electrons. The molecular weight excluding hydrogens is 276 g/mol. The summed E-state index contributed by atoms with van der Waals surface area (Å²) < 4.78 is 11.5. The molecule has 3 nitrogen and oxygen atoms in total. The lowest BCUT2D eigenvalue weighted by Gasteiger charge is -2.55. The Bertz CT molecular complexity index is 563. The maximum atomic E-state index is 10.0. The zero-order valence-electron chi connectivity index (χ0n) is 13.9. The van der Waals surface area contributed by atoms with Crippen LogP contribution in [-0.2, 0) is 4.74 Å². The van der Waals surface area contributed by atoms with Gasteiger partial charge in [0.1, 0.15) is 5.75 Å². The van der Waals surface area contributed by atoms with Crippen molar-refractivity contribution in [2.24, 2.45) is 23.2 Å². The van der Waals surface area contributed by atoms with Crippen molar-refractivity contribution in [3.8, 4) is 5.75 Å². The molecule has 5 atom stereocenters. The quantitative estimate of drug-likeness (QED) is 0.867. The van der Waals surface area contributed by atoms with Crippen LogP contribution in [-0.4, -0.2) is 25.4 Å². The van der Waals surface area contributed by atoms with Gasteiger partial charge in [0, 0.05) is 11.3 Å². The van der Waals surface area contributed by atoms with E-state index in [0.717, 1.165) is 5.75 Å². The SMILES string of the molecule is COc1ccc([C@H]2OC[C@]3(CO)[C@H](C)C=C(C)[C@@H]2[C@@H]3C)cc1. The molecule has 1 N–H and O–H groups in total. The van der Waals surface area contributed by atoms with Crippen molar-refractivity contribution < 1.29 is 14.6 Å². The van der Waals surface area contributed by atoms with Gasteiger partial charge in [-0.2, -0.15) is 0 Å². The molecule has 0 spiro atoms. The molecule has 1 aromatic carbocycles. The molecule has 2 bridgehead atoms. The average Bonchev–Trinajstić information content (AvgIpc) is 2.53. The Morgan fingerprint density at radius 2 is 1.95 bits per heavy atom. The van der Waals surface area contributed by atoms with Gasteiger partial charge in [0.25, 0.3) is 0 Å². The Kier molecular flexibility index (Phi) is 4.04. The van der Waals surface area contributed by atoms with Gasteiger partial charge in [-0.3, -0.25) is 0 Å². The summed E-state index contributed by atoms with van der Waals surface area (Å²) in [6, 6.07) is 8.16. The zero-order valence-corrected chi connectivity index (χ0v) is 13.9. The fourth-order valence-corrected chi connectivity index (χ4v) is 4.38. The first-order valence-corrected chi connectivity index (χ1v) is 8.08. The largest absolute Gasteiger partial charge is 0.497 e. The van der Waals surface area contributed by atoms with E-state index in [0.29, 0.717) is 24.4 Å². The smallest absolute Gasteiger partial charge is 0.118 e. The van der Waals surface area contributed by atoms with E-state index in [1.165, 1.54) is 11.1 Å². The average molecular weight is 302 g/mol. The van der Waals surface area contributed by atoms with E-state index in [2.05, 4.69) is 39.0 Å². The molecule has 0 unspecified atom stereocenters. The minimum Gasteiger partial charge on any atom is -0.497 e. The molecule has 1 aliphatic carbocycles. The number of allylic oxidation sites excluding steroid dienone is 1. The standard InChI is InChI=1S/C19H26O3/c1-12-9-13(2)19(10-20)11-22-18(17(12)14(19)3)15-5-7-16(21-4)8-6-15/h5-9,13-14,17-18,20H,10-11H2,1-4H3/t13-,14+,17-,18-,19-/m1/s1. The summed E-state index contributed by atoms with van der Waals surface area (Å²) in [5, 5.41) is 10.0. The lowest BCUT2D eigenvalue weighted by Crippen LogP contribution is -2.53. The van der Waals surface area contributed by atoms with Crippen molar-refractivity contribution >= 4 is 0 Å². The van der Waals surface area contributed by atoms with Crippen LogP contribution in [0.2, 0.25) is 0 Å². The minimum atomic E-state index is -0.146. The minimum absolute atomic E-state index is 0.0596. The summed E-state index contributed by atoms with van der Waals surface area (Å²) in [4.78, 5) is 0. The predicted octanol–water partition coefficient (Wildman–Crippen LogP) is 3.59. The molecule has 1 aromatic rings. The van der Waals surface area contributed by atoms with Crippen LogP contribution in [0, 0.1) is 23.2 Å².